The first-order valence-electron chi connectivity index (χ1n) is 6.23. The Labute approximate surface area is 114 Å². The third kappa shape index (κ3) is 2.18. The van der Waals surface area contributed by atoms with Crippen LogP contribution in [0.4, 0.5) is 20.2 Å². The van der Waals surface area contributed by atoms with E-state index in [-0.39, 0.29) is 17.4 Å². The van der Waals surface area contributed by atoms with Crippen molar-refractivity contribution in [1.29, 1.82) is 0 Å². The number of thiophene rings is 1. The second kappa shape index (κ2) is 4.81. The monoisotopic (exact) mass is 280 g/mol. The summed E-state index contributed by atoms with van der Waals surface area (Å²) in [6, 6.07) is 4.49. The summed E-state index contributed by atoms with van der Waals surface area (Å²) in [5.74, 6) is -1.78. The van der Waals surface area contributed by atoms with E-state index in [2.05, 4.69) is 5.32 Å². The van der Waals surface area contributed by atoms with Gasteiger partial charge in [-0.15, -0.1) is 11.3 Å². The fourth-order valence-electron chi connectivity index (χ4n) is 2.52. The van der Waals surface area contributed by atoms with Crippen molar-refractivity contribution in [2.24, 2.45) is 0 Å². The van der Waals surface area contributed by atoms with Crippen LogP contribution in [0, 0.1) is 11.6 Å². The van der Waals surface area contributed by atoms with E-state index in [4.69, 9.17) is 5.73 Å². The highest BCUT2D eigenvalue weighted by atomic mass is 32.1. The Morgan fingerprint density at radius 2 is 2.11 bits per heavy atom. The summed E-state index contributed by atoms with van der Waals surface area (Å²) in [5.41, 5.74) is 7.23. The topological polar surface area (TPSA) is 38.0 Å². The predicted molar refractivity (Wildman–Crippen MR) is 74.4 cm³/mol. The second-order valence-electron chi connectivity index (χ2n) is 4.71. The average Bonchev–Trinajstić information content (AvgIpc) is 2.88. The average molecular weight is 280 g/mol. The van der Waals surface area contributed by atoms with Crippen molar-refractivity contribution in [3.05, 3.63) is 45.7 Å². The zero-order valence-corrected chi connectivity index (χ0v) is 11.1. The first-order valence-corrected chi connectivity index (χ1v) is 7.11. The largest absolute Gasteiger partial charge is 0.397 e. The second-order valence-corrected chi connectivity index (χ2v) is 5.71. The minimum absolute atomic E-state index is 0.00796. The summed E-state index contributed by atoms with van der Waals surface area (Å²) in [6.45, 7) is 0. The molecule has 0 bridgehead atoms. The Hall–Kier alpha value is -1.62. The number of hydrogen-bond donors (Lipinski definition) is 2. The minimum Gasteiger partial charge on any atom is -0.397 e. The normalized spacial score (nSPS) is 18.1. The van der Waals surface area contributed by atoms with Crippen LogP contribution in [-0.4, -0.2) is 0 Å². The molecule has 2 nitrogen and oxygen atoms in total. The Balaban J connectivity index is 1.94. The van der Waals surface area contributed by atoms with Gasteiger partial charge in [-0.1, -0.05) is 0 Å². The fraction of sp³-hybridized carbons (Fsp3) is 0.286. The van der Waals surface area contributed by atoms with Gasteiger partial charge in [0.15, 0.2) is 11.6 Å². The van der Waals surface area contributed by atoms with Crippen molar-refractivity contribution < 1.29 is 8.78 Å². The van der Waals surface area contributed by atoms with E-state index >= 15 is 0 Å². The van der Waals surface area contributed by atoms with Crippen LogP contribution in [0.3, 0.4) is 0 Å². The highest BCUT2D eigenvalue weighted by Gasteiger charge is 2.23. The van der Waals surface area contributed by atoms with Gasteiger partial charge in [0.25, 0.3) is 0 Å². The van der Waals surface area contributed by atoms with Gasteiger partial charge in [0.2, 0.25) is 0 Å². The lowest BCUT2D eigenvalue weighted by atomic mass is 9.93. The smallest absolute Gasteiger partial charge is 0.183 e. The number of nitrogens with one attached hydrogen (secondary N) is 1. The number of benzene rings is 1. The molecule has 1 heterocycles. The Bertz CT molecular complexity index is 609. The maximum Gasteiger partial charge on any atom is 0.183 e. The van der Waals surface area contributed by atoms with Gasteiger partial charge in [-0.2, -0.15) is 0 Å². The molecular weight excluding hydrogens is 266 g/mol. The van der Waals surface area contributed by atoms with E-state index in [1.807, 2.05) is 11.4 Å². The molecule has 0 saturated heterocycles. The fourth-order valence-corrected chi connectivity index (χ4v) is 3.51. The van der Waals surface area contributed by atoms with Crippen LogP contribution >= 0.6 is 11.3 Å². The maximum absolute atomic E-state index is 13.8. The molecular formula is C14H14F2N2S. The zero-order valence-electron chi connectivity index (χ0n) is 10.2. The standard InChI is InChI=1S/C14H14F2N2S/c15-9-4-5-10(17)14(13(9)16)18-11-2-1-3-12-8(11)6-7-19-12/h4-7,11,18H,1-3,17H2. The summed E-state index contributed by atoms with van der Waals surface area (Å²) in [4.78, 5) is 1.32. The molecule has 3 N–H and O–H groups in total. The molecule has 0 amide bonds. The number of aryl methyl sites for hydroxylation is 1. The Kier molecular flexibility index (Phi) is 3.14. The molecule has 0 fully saturated rings. The first-order chi connectivity index (χ1) is 9.16. The molecule has 0 radical (unpaired) electrons. The molecule has 1 aromatic carbocycles. The molecule has 1 aliphatic carbocycles. The maximum atomic E-state index is 13.8. The number of nitrogens with two attached hydrogens (primary N) is 1. The molecule has 19 heavy (non-hydrogen) atoms. The summed E-state index contributed by atoms with van der Waals surface area (Å²) in [5, 5.41) is 5.10. The molecule has 1 aromatic heterocycles. The van der Waals surface area contributed by atoms with Gasteiger partial charge in [-0.05, 0) is 48.4 Å². The number of anilines is 2. The molecule has 0 saturated carbocycles. The molecule has 1 unspecified atom stereocenters. The Morgan fingerprint density at radius 3 is 2.95 bits per heavy atom. The lowest BCUT2D eigenvalue weighted by Crippen LogP contribution is -2.17. The number of fused-ring (bicyclic) bond motifs is 1. The number of rotatable bonds is 2. The van der Waals surface area contributed by atoms with Crippen molar-refractivity contribution in [3.63, 3.8) is 0 Å². The zero-order chi connectivity index (χ0) is 13.4. The van der Waals surface area contributed by atoms with Crippen LogP contribution in [0.5, 0.6) is 0 Å². The third-order valence-electron chi connectivity index (χ3n) is 3.50. The van der Waals surface area contributed by atoms with Crippen LogP contribution in [0.25, 0.3) is 0 Å². The summed E-state index contributed by atoms with van der Waals surface area (Å²) < 4.78 is 27.1. The SMILES string of the molecule is Nc1ccc(F)c(F)c1NC1CCCc2sccc21. The molecule has 0 aliphatic heterocycles. The van der Waals surface area contributed by atoms with Crippen LogP contribution < -0.4 is 11.1 Å². The Morgan fingerprint density at radius 1 is 1.26 bits per heavy atom. The first kappa shape index (κ1) is 12.4. The van der Waals surface area contributed by atoms with Crippen molar-refractivity contribution in [1.82, 2.24) is 0 Å². The highest BCUT2D eigenvalue weighted by molar-refractivity contribution is 7.10. The van der Waals surface area contributed by atoms with Crippen LogP contribution in [0.15, 0.2) is 23.6 Å². The van der Waals surface area contributed by atoms with Crippen LogP contribution in [0.2, 0.25) is 0 Å². The van der Waals surface area contributed by atoms with Gasteiger partial charge in [-0.25, -0.2) is 8.78 Å². The van der Waals surface area contributed by atoms with Gasteiger partial charge in [0.1, 0.15) is 0 Å². The van der Waals surface area contributed by atoms with Crippen molar-refractivity contribution >= 4 is 22.7 Å². The molecule has 2 aromatic rings. The van der Waals surface area contributed by atoms with Crippen LogP contribution in [-0.2, 0) is 6.42 Å². The van der Waals surface area contributed by atoms with E-state index in [1.165, 1.54) is 16.5 Å². The van der Waals surface area contributed by atoms with Gasteiger partial charge < -0.3 is 11.1 Å². The van der Waals surface area contributed by atoms with E-state index in [1.54, 1.807) is 11.3 Å². The number of halogens is 2. The molecule has 0 spiro atoms. The predicted octanol–water partition coefficient (Wildman–Crippen LogP) is 4.10. The summed E-state index contributed by atoms with van der Waals surface area (Å²) in [6.07, 6.45) is 3.01. The van der Waals surface area contributed by atoms with Crippen molar-refractivity contribution in [2.75, 3.05) is 11.1 Å². The van der Waals surface area contributed by atoms with Crippen molar-refractivity contribution in [2.45, 2.75) is 25.3 Å². The molecule has 3 rings (SSSR count). The minimum atomic E-state index is -0.901. The van der Waals surface area contributed by atoms with E-state index in [9.17, 15) is 8.78 Å². The molecule has 100 valence electrons. The lowest BCUT2D eigenvalue weighted by Gasteiger charge is -2.25. The summed E-state index contributed by atoms with van der Waals surface area (Å²) >= 11 is 1.71. The van der Waals surface area contributed by atoms with Crippen LogP contribution in [0.1, 0.15) is 29.3 Å². The van der Waals surface area contributed by atoms with Gasteiger partial charge in [0, 0.05) is 4.88 Å². The van der Waals surface area contributed by atoms with Crippen molar-refractivity contribution in [3.8, 4) is 0 Å². The summed E-state index contributed by atoms with van der Waals surface area (Å²) in [7, 11) is 0. The van der Waals surface area contributed by atoms with Gasteiger partial charge >= 0.3 is 0 Å². The van der Waals surface area contributed by atoms with Gasteiger partial charge in [0.05, 0.1) is 17.4 Å². The molecule has 5 heteroatoms. The highest BCUT2D eigenvalue weighted by Crippen LogP contribution is 2.37. The lowest BCUT2D eigenvalue weighted by molar-refractivity contribution is 0.508. The molecule has 1 aliphatic rings. The van der Waals surface area contributed by atoms with Gasteiger partial charge in [-0.3, -0.25) is 0 Å². The van der Waals surface area contributed by atoms with E-state index < -0.39 is 11.6 Å². The third-order valence-corrected chi connectivity index (χ3v) is 4.49. The van der Waals surface area contributed by atoms with E-state index in [0.717, 1.165) is 25.3 Å². The molecule has 1 atom stereocenters. The quantitative estimate of drug-likeness (QED) is 0.813. The number of nitrogen functional groups attached to an aromatic ring is 1. The van der Waals surface area contributed by atoms with E-state index in [0.29, 0.717) is 0 Å². The number of hydrogen-bond acceptors (Lipinski definition) is 3.